The van der Waals surface area contributed by atoms with Crippen molar-refractivity contribution >= 4 is 38.6 Å². The standard InChI is InChI=1S/C22H23ClO4S2/c23-21-17-5-1-3-15(17)19(16-4-2-6-18(16)21)10-14(24)12-29(26,27)20-9-13(11-28-20)22(25)7-8-22/h9,11,25H,1-8,10,12H2. The van der Waals surface area contributed by atoms with E-state index in [9.17, 15) is 18.3 Å². The molecule has 2 aromatic rings. The molecular weight excluding hydrogens is 428 g/mol. The number of sulfone groups is 1. The predicted octanol–water partition coefficient (Wildman–Crippen LogP) is 3.95. The van der Waals surface area contributed by atoms with Crippen LogP contribution in [0.4, 0.5) is 0 Å². The highest BCUT2D eigenvalue weighted by Gasteiger charge is 2.43. The summed E-state index contributed by atoms with van der Waals surface area (Å²) in [6.45, 7) is 0. The number of fused-ring (bicyclic) bond motifs is 2. The number of halogens is 1. The van der Waals surface area contributed by atoms with Crippen molar-refractivity contribution in [3.63, 3.8) is 0 Å². The molecule has 3 aliphatic carbocycles. The van der Waals surface area contributed by atoms with Gasteiger partial charge in [-0.15, -0.1) is 11.3 Å². The molecule has 0 aliphatic heterocycles. The highest BCUT2D eigenvalue weighted by molar-refractivity contribution is 7.94. The molecular formula is C22H23ClO4S2. The maximum Gasteiger partial charge on any atom is 0.194 e. The van der Waals surface area contributed by atoms with Crippen molar-refractivity contribution < 1.29 is 18.3 Å². The lowest BCUT2D eigenvalue weighted by atomic mass is 9.91. The molecule has 3 aliphatic rings. The van der Waals surface area contributed by atoms with E-state index >= 15 is 0 Å². The topological polar surface area (TPSA) is 71.4 Å². The van der Waals surface area contributed by atoms with Crippen LogP contribution in [0.15, 0.2) is 15.7 Å². The molecule has 7 heteroatoms. The zero-order valence-electron chi connectivity index (χ0n) is 16.1. The smallest absolute Gasteiger partial charge is 0.194 e. The summed E-state index contributed by atoms with van der Waals surface area (Å²) in [5, 5.41) is 12.8. The molecule has 0 bridgehead atoms. The third-order valence-corrected chi connectivity index (χ3v) is 10.2. The summed E-state index contributed by atoms with van der Waals surface area (Å²) in [7, 11) is -3.70. The molecule has 0 atom stereocenters. The first-order valence-corrected chi connectivity index (χ1v) is 13.1. The number of carbonyl (C=O) groups excluding carboxylic acids is 1. The van der Waals surface area contributed by atoms with Gasteiger partial charge in [-0.3, -0.25) is 4.79 Å². The van der Waals surface area contributed by atoms with Crippen molar-refractivity contribution in [1.82, 2.24) is 0 Å². The molecule has 0 radical (unpaired) electrons. The minimum Gasteiger partial charge on any atom is -0.385 e. The number of Topliss-reactive ketones (excluding diaryl/α,β-unsaturated/α-hetero) is 1. The summed E-state index contributed by atoms with van der Waals surface area (Å²) in [6.07, 6.45) is 7.31. The molecule has 1 heterocycles. The highest BCUT2D eigenvalue weighted by Crippen LogP contribution is 2.47. The predicted molar refractivity (Wildman–Crippen MR) is 114 cm³/mol. The minimum atomic E-state index is -3.70. The fourth-order valence-corrected chi connectivity index (χ4v) is 7.90. The van der Waals surface area contributed by atoms with Gasteiger partial charge in [0.15, 0.2) is 15.6 Å². The maximum absolute atomic E-state index is 12.8. The third-order valence-electron chi connectivity index (χ3n) is 6.56. The van der Waals surface area contributed by atoms with Crippen LogP contribution >= 0.6 is 22.9 Å². The van der Waals surface area contributed by atoms with E-state index < -0.39 is 21.2 Å². The summed E-state index contributed by atoms with van der Waals surface area (Å²) in [5.41, 5.74) is 5.58. The highest BCUT2D eigenvalue weighted by atomic mass is 35.5. The Bertz CT molecular complexity index is 1090. The van der Waals surface area contributed by atoms with Gasteiger partial charge in [-0.1, -0.05) is 11.6 Å². The lowest BCUT2D eigenvalue weighted by Gasteiger charge is -2.16. The van der Waals surface area contributed by atoms with Crippen LogP contribution in [0.1, 0.15) is 59.1 Å². The maximum atomic E-state index is 12.8. The van der Waals surface area contributed by atoms with Crippen molar-refractivity contribution in [2.45, 2.75) is 67.6 Å². The van der Waals surface area contributed by atoms with Gasteiger partial charge >= 0.3 is 0 Å². The van der Waals surface area contributed by atoms with Crippen LogP contribution in [-0.4, -0.2) is 25.1 Å². The van der Waals surface area contributed by atoms with Crippen molar-refractivity contribution in [3.05, 3.63) is 49.8 Å². The zero-order valence-corrected chi connectivity index (χ0v) is 18.5. The number of carbonyl (C=O) groups is 1. The van der Waals surface area contributed by atoms with Crippen molar-refractivity contribution in [2.75, 3.05) is 5.75 Å². The lowest BCUT2D eigenvalue weighted by Crippen LogP contribution is -2.19. The molecule has 1 saturated carbocycles. The van der Waals surface area contributed by atoms with E-state index in [0.717, 1.165) is 60.4 Å². The van der Waals surface area contributed by atoms with Gasteiger partial charge < -0.3 is 5.11 Å². The van der Waals surface area contributed by atoms with Gasteiger partial charge in [-0.25, -0.2) is 8.42 Å². The van der Waals surface area contributed by atoms with E-state index in [1.54, 1.807) is 5.38 Å². The SMILES string of the molecule is O=C(Cc1c2c(c(Cl)c3c1CCC3)CCC2)CS(=O)(=O)c1cc(C2(O)CC2)cs1. The van der Waals surface area contributed by atoms with Crippen molar-refractivity contribution in [3.8, 4) is 0 Å². The summed E-state index contributed by atoms with van der Waals surface area (Å²) >= 11 is 7.74. The van der Waals surface area contributed by atoms with E-state index in [4.69, 9.17) is 11.6 Å². The van der Waals surface area contributed by atoms with E-state index in [0.29, 0.717) is 18.4 Å². The Labute approximate surface area is 179 Å². The average molecular weight is 451 g/mol. The largest absolute Gasteiger partial charge is 0.385 e. The molecule has 0 spiro atoms. The van der Waals surface area contributed by atoms with Crippen LogP contribution < -0.4 is 0 Å². The molecule has 0 unspecified atom stereocenters. The van der Waals surface area contributed by atoms with Crippen LogP contribution in [0.2, 0.25) is 5.02 Å². The molecule has 0 saturated heterocycles. The monoisotopic (exact) mass is 450 g/mol. The molecule has 29 heavy (non-hydrogen) atoms. The first kappa shape index (κ1) is 19.7. The first-order valence-electron chi connectivity index (χ1n) is 10.2. The fourth-order valence-electron chi connectivity index (χ4n) is 4.88. The molecule has 1 N–H and O–H groups in total. The summed E-state index contributed by atoms with van der Waals surface area (Å²) in [4.78, 5) is 12.8. The van der Waals surface area contributed by atoms with Crippen molar-refractivity contribution in [1.29, 1.82) is 0 Å². The number of hydrogen-bond donors (Lipinski definition) is 1. The van der Waals surface area contributed by atoms with Crippen LogP contribution in [0.3, 0.4) is 0 Å². The molecule has 154 valence electrons. The molecule has 1 aromatic heterocycles. The Balaban J connectivity index is 1.40. The second-order valence-corrected chi connectivity index (χ2v) is 12.1. The Kier molecular flexibility index (Phi) is 4.70. The van der Waals surface area contributed by atoms with Gasteiger partial charge in [0.25, 0.3) is 0 Å². The van der Waals surface area contributed by atoms with Gasteiger partial charge in [0.1, 0.15) is 9.96 Å². The van der Waals surface area contributed by atoms with Crippen LogP contribution in [0, 0.1) is 0 Å². The summed E-state index contributed by atoms with van der Waals surface area (Å²) in [6, 6.07) is 1.54. The van der Waals surface area contributed by atoms with Gasteiger partial charge in [0.05, 0.1) is 5.60 Å². The Morgan fingerprint density at radius 1 is 1.07 bits per heavy atom. The van der Waals surface area contributed by atoms with E-state index in [-0.39, 0.29) is 16.4 Å². The second kappa shape index (κ2) is 6.91. The van der Waals surface area contributed by atoms with Gasteiger partial charge in [-0.2, -0.15) is 0 Å². The number of thiophene rings is 1. The zero-order chi connectivity index (χ0) is 20.4. The lowest BCUT2D eigenvalue weighted by molar-refractivity contribution is -0.116. The van der Waals surface area contributed by atoms with Crippen LogP contribution in [0.25, 0.3) is 0 Å². The quantitative estimate of drug-likeness (QED) is 0.723. The molecule has 0 amide bonds. The Morgan fingerprint density at radius 3 is 2.24 bits per heavy atom. The molecule has 4 nitrogen and oxygen atoms in total. The number of hydrogen-bond acceptors (Lipinski definition) is 5. The number of ketones is 1. The fraction of sp³-hybridized carbons (Fsp3) is 0.500. The van der Waals surface area contributed by atoms with Gasteiger partial charge in [-0.05, 0) is 96.2 Å². The molecule has 5 rings (SSSR count). The number of benzene rings is 1. The van der Waals surface area contributed by atoms with E-state index in [1.165, 1.54) is 28.3 Å². The Hall–Kier alpha value is -1.21. The first-order chi connectivity index (χ1) is 13.8. The van der Waals surface area contributed by atoms with Gasteiger partial charge in [0.2, 0.25) is 0 Å². The molecule has 1 aromatic carbocycles. The van der Waals surface area contributed by atoms with Crippen LogP contribution in [0.5, 0.6) is 0 Å². The molecule has 1 fully saturated rings. The minimum absolute atomic E-state index is 0.170. The number of aliphatic hydroxyl groups is 1. The van der Waals surface area contributed by atoms with Crippen LogP contribution in [-0.2, 0) is 52.3 Å². The number of rotatable bonds is 6. The van der Waals surface area contributed by atoms with Crippen molar-refractivity contribution in [2.24, 2.45) is 0 Å². The summed E-state index contributed by atoms with van der Waals surface area (Å²) < 4.78 is 25.8. The van der Waals surface area contributed by atoms with Gasteiger partial charge in [0, 0.05) is 11.4 Å². The summed E-state index contributed by atoms with van der Waals surface area (Å²) in [5.74, 6) is -0.756. The second-order valence-electron chi connectivity index (χ2n) is 8.57. The normalized spacial score (nSPS) is 19.2. The Morgan fingerprint density at radius 2 is 1.66 bits per heavy atom. The van der Waals surface area contributed by atoms with E-state index in [2.05, 4.69) is 0 Å². The van der Waals surface area contributed by atoms with E-state index in [1.807, 2.05) is 0 Å². The average Bonchev–Trinajstić information content (AvgIpc) is 3.17. The third kappa shape index (κ3) is 3.38.